The van der Waals surface area contributed by atoms with Crippen LogP contribution in [-0.4, -0.2) is 15.0 Å². The molecule has 0 unspecified atom stereocenters. The minimum Gasteiger partial charge on any atom is -0.375 e. The van der Waals surface area contributed by atoms with Gasteiger partial charge in [-0.3, -0.25) is 0 Å². The van der Waals surface area contributed by atoms with Crippen molar-refractivity contribution >= 4 is 33.8 Å². The van der Waals surface area contributed by atoms with E-state index in [0.717, 1.165) is 34.7 Å². The lowest BCUT2D eigenvalue weighted by atomic mass is 10.00. The van der Waals surface area contributed by atoms with Crippen molar-refractivity contribution in [1.29, 1.82) is 0 Å². The highest BCUT2D eigenvalue weighted by Gasteiger charge is 2.22. The van der Waals surface area contributed by atoms with E-state index >= 15 is 0 Å². The molecule has 7 nitrogen and oxygen atoms in total. The number of hydrogen-bond donors (Lipinski definition) is 2. The Morgan fingerprint density at radius 1 is 1.26 bits per heavy atom. The van der Waals surface area contributed by atoms with Gasteiger partial charge in [0.1, 0.15) is 5.69 Å². The molecular weight excluding hydrogens is 312 g/mol. The van der Waals surface area contributed by atoms with Gasteiger partial charge in [-0.25, -0.2) is 15.0 Å². The van der Waals surface area contributed by atoms with Gasteiger partial charge in [-0.05, 0) is 41.8 Å². The molecule has 0 radical (unpaired) electrons. The summed E-state index contributed by atoms with van der Waals surface area (Å²) in [6.07, 6.45) is 3.54. The summed E-state index contributed by atoms with van der Waals surface area (Å²) in [5.41, 5.74) is 9.85. The number of rotatable bonds is 3. The molecule has 0 atom stereocenters. The molecule has 1 aromatic carbocycles. The molecule has 23 heavy (non-hydrogen) atoms. The van der Waals surface area contributed by atoms with E-state index < -0.39 is 0 Å². The Labute approximate surface area is 135 Å². The van der Waals surface area contributed by atoms with Gasteiger partial charge in [-0.1, -0.05) is 17.4 Å². The van der Waals surface area contributed by atoms with Crippen LogP contribution in [0.3, 0.4) is 0 Å². The van der Waals surface area contributed by atoms with Crippen LogP contribution < -0.4 is 11.1 Å². The summed E-state index contributed by atoms with van der Waals surface area (Å²) in [7, 11) is 0. The minimum atomic E-state index is 0.352. The largest absolute Gasteiger partial charge is 0.375 e. The van der Waals surface area contributed by atoms with E-state index in [1.54, 1.807) is 18.2 Å². The number of fused-ring (bicyclic) bond motifs is 3. The predicted octanol–water partition coefficient (Wildman–Crippen LogP) is 3.42. The van der Waals surface area contributed by atoms with Crippen LogP contribution in [-0.2, 0) is 12.8 Å². The normalized spacial score (nSPS) is 12.3. The van der Waals surface area contributed by atoms with E-state index in [4.69, 9.17) is 5.73 Å². The molecule has 0 saturated heterocycles. The van der Waals surface area contributed by atoms with E-state index in [1.807, 2.05) is 12.3 Å². The number of hydrogen-bond acceptors (Lipinski definition) is 8. The Morgan fingerprint density at radius 2 is 2.17 bits per heavy atom. The van der Waals surface area contributed by atoms with Gasteiger partial charge in [0.25, 0.3) is 0 Å². The Hall–Kier alpha value is -2.87. The molecule has 2 heterocycles. The predicted molar refractivity (Wildman–Crippen MR) is 90.1 cm³/mol. The molecule has 0 aliphatic heterocycles. The first-order chi connectivity index (χ1) is 11.2. The van der Waals surface area contributed by atoms with Gasteiger partial charge in [0.2, 0.25) is 5.95 Å². The number of anilines is 3. The van der Waals surface area contributed by atoms with Crippen LogP contribution in [0.4, 0.5) is 22.5 Å². The second-order valence-electron chi connectivity index (χ2n) is 5.16. The monoisotopic (exact) mass is 324 g/mol. The maximum Gasteiger partial charge on any atom is 0.227 e. The van der Waals surface area contributed by atoms with E-state index in [1.165, 1.54) is 11.3 Å². The summed E-state index contributed by atoms with van der Waals surface area (Å²) in [5, 5.41) is 6.58. The topological polar surface area (TPSA) is 106 Å². The molecule has 8 heteroatoms. The molecule has 1 aliphatic carbocycles. The third-order valence-corrected chi connectivity index (χ3v) is 4.57. The van der Waals surface area contributed by atoms with Crippen LogP contribution in [0.25, 0.3) is 10.6 Å². The number of benzene rings is 1. The molecule has 3 N–H and O–H groups in total. The number of aryl methyl sites for hydroxylation is 2. The van der Waals surface area contributed by atoms with Crippen molar-refractivity contribution in [3.05, 3.63) is 46.6 Å². The Kier molecular flexibility index (Phi) is 3.23. The smallest absolute Gasteiger partial charge is 0.227 e. The van der Waals surface area contributed by atoms with Crippen molar-refractivity contribution in [2.45, 2.75) is 12.8 Å². The van der Waals surface area contributed by atoms with Gasteiger partial charge in [-0.15, -0.1) is 4.91 Å². The minimum absolute atomic E-state index is 0.352. The first-order valence-electron chi connectivity index (χ1n) is 7.05. The van der Waals surface area contributed by atoms with Crippen LogP contribution in [0.5, 0.6) is 0 Å². The maximum atomic E-state index is 10.6. The lowest BCUT2D eigenvalue weighted by molar-refractivity contribution is 0.889. The van der Waals surface area contributed by atoms with Crippen LogP contribution in [0.1, 0.15) is 11.3 Å². The highest BCUT2D eigenvalue weighted by Crippen LogP contribution is 2.37. The highest BCUT2D eigenvalue weighted by atomic mass is 32.1. The lowest BCUT2D eigenvalue weighted by Gasteiger charge is -2.14. The summed E-state index contributed by atoms with van der Waals surface area (Å²) >= 11 is 1.45. The zero-order valence-corrected chi connectivity index (χ0v) is 12.8. The SMILES string of the molecule is Nc1nc2c(s1)-c1nc(Nc3cccc(N=O)c3)ncc1CC2. The number of thiazole rings is 1. The molecule has 0 amide bonds. The van der Waals surface area contributed by atoms with Crippen molar-refractivity contribution in [3.8, 4) is 10.6 Å². The molecule has 2 aromatic heterocycles. The van der Waals surface area contributed by atoms with Gasteiger partial charge in [-0.2, -0.15) is 0 Å². The number of nitroso groups, excluding NO2 is 1. The first-order valence-corrected chi connectivity index (χ1v) is 7.86. The molecule has 0 spiro atoms. The van der Waals surface area contributed by atoms with E-state index in [2.05, 4.69) is 25.4 Å². The van der Waals surface area contributed by atoms with Crippen LogP contribution in [0.2, 0.25) is 0 Å². The lowest BCUT2D eigenvalue weighted by Crippen LogP contribution is -2.07. The zero-order valence-electron chi connectivity index (χ0n) is 12.0. The summed E-state index contributed by atoms with van der Waals surface area (Å²) in [5.74, 6) is 0.464. The molecule has 1 aliphatic rings. The molecule has 4 rings (SSSR count). The summed E-state index contributed by atoms with van der Waals surface area (Å²) in [6, 6.07) is 6.86. The van der Waals surface area contributed by atoms with Gasteiger partial charge < -0.3 is 11.1 Å². The summed E-state index contributed by atoms with van der Waals surface area (Å²) in [6.45, 7) is 0. The van der Waals surface area contributed by atoms with Crippen molar-refractivity contribution in [2.24, 2.45) is 5.18 Å². The van der Waals surface area contributed by atoms with Crippen LogP contribution in [0, 0.1) is 4.91 Å². The van der Waals surface area contributed by atoms with E-state index in [9.17, 15) is 4.91 Å². The standard InChI is InChI=1S/C15H12N6OS/c16-14-19-11-5-4-8-7-17-15(20-12(8)13(11)23-14)18-9-2-1-3-10(6-9)21-22/h1-3,6-7H,4-5H2,(H2,16,19)(H,17,18,20). The fourth-order valence-electron chi connectivity index (χ4n) is 2.59. The Balaban J connectivity index is 1.71. The van der Waals surface area contributed by atoms with Gasteiger partial charge in [0, 0.05) is 11.9 Å². The average molecular weight is 324 g/mol. The van der Waals surface area contributed by atoms with Crippen molar-refractivity contribution in [1.82, 2.24) is 15.0 Å². The van der Waals surface area contributed by atoms with Gasteiger partial charge in [0.15, 0.2) is 5.13 Å². The number of nitrogens with one attached hydrogen (secondary N) is 1. The molecule has 0 saturated carbocycles. The van der Waals surface area contributed by atoms with E-state index in [0.29, 0.717) is 22.5 Å². The fourth-order valence-corrected chi connectivity index (χ4v) is 3.50. The zero-order chi connectivity index (χ0) is 15.8. The van der Waals surface area contributed by atoms with Gasteiger partial charge in [0.05, 0.1) is 16.3 Å². The number of nitrogens with zero attached hydrogens (tertiary/aromatic N) is 4. The molecule has 0 fully saturated rings. The molecule has 3 aromatic rings. The summed E-state index contributed by atoms with van der Waals surface area (Å²) < 4.78 is 0. The van der Waals surface area contributed by atoms with Crippen molar-refractivity contribution in [2.75, 3.05) is 11.1 Å². The third-order valence-electron chi connectivity index (χ3n) is 3.63. The first kappa shape index (κ1) is 13.8. The van der Waals surface area contributed by atoms with Gasteiger partial charge >= 0.3 is 0 Å². The van der Waals surface area contributed by atoms with Crippen LogP contribution >= 0.6 is 11.3 Å². The number of aromatic nitrogens is 3. The maximum absolute atomic E-state index is 10.6. The average Bonchev–Trinajstić information content (AvgIpc) is 2.96. The second kappa shape index (κ2) is 5.40. The molecule has 114 valence electrons. The number of nitrogens with two attached hydrogens (primary N) is 1. The number of nitrogen functional groups attached to an aromatic ring is 1. The third kappa shape index (κ3) is 2.53. The quantitative estimate of drug-likeness (QED) is 0.715. The Bertz CT molecular complexity index is 907. The molecule has 0 bridgehead atoms. The van der Waals surface area contributed by atoms with Crippen molar-refractivity contribution in [3.63, 3.8) is 0 Å². The highest BCUT2D eigenvalue weighted by molar-refractivity contribution is 7.18. The summed E-state index contributed by atoms with van der Waals surface area (Å²) in [4.78, 5) is 24.9. The van der Waals surface area contributed by atoms with Crippen LogP contribution in [0.15, 0.2) is 35.6 Å². The second-order valence-corrected chi connectivity index (χ2v) is 6.19. The van der Waals surface area contributed by atoms with Crippen molar-refractivity contribution < 1.29 is 0 Å². The van der Waals surface area contributed by atoms with E-state index in [-0.39, 0.29) is 0 Å². The Morgan fingerprint density at radius 3 is 3.04 bits per heavy atom. The fraction of sp³-hybridized carbons (Fsp3) is 0.133. The molecular formula is C15H12N6OS.